The van der Waals surface area contributed by atoms with E-state index in [1.54, 1.807) is 0 Å². The highest BCUT2D eigenvalue weighted by atomic mass is 35.5. The Balaban J connectivity index is 2.07. The molecule has 1 aliphatic rings. The van der Waals surface area contributed by atoms with Crippen molar-refractivity contribution in [3.63, 3.8) is 0 Å². The molecule has 0 fully saturated rings. The predicted molar refractivity (Wildman–Crippen MR) is 69.8 cm³/mol. The van der Waals surface area contributed by atoms with E-state index in [0.29, 0.717) is 0 Å². The Morgan fingerprint density at radius 3 is 2.82 bits per heavy atom. The number of halogens is 1. The van der Waals surface area contributed by atoms with Gasteiger partial charge in [0.1, 0.15) is 0 Å². The van der Waals surface area contributed by atoms with Gasteiger partial charge in [0.2, 0.25) is 0 Å². The molecule has 17 heavy (non-hydrogen) atoms. The van der Waals surface area contributed by atoms with Crippen molar-refractivity contribution in [1.29, 1.82) is 0 Å². The topological polar surface area (TPSA) is 17.8 Å². The Morgan fingerprint density at radius 1 is 1.29 bits per heavy atom. The summed E-state index contributed by atoms with van der Waals surface area (Å²) in [5, 5.41) is 4.62. The first kappa shape index (κ1) is 10.8. The molecule has 1 unspecified atom stereocenters. The highest BCUT2D eigenvalue weighted by molar-refractivity contribution is 6.20. The molecule has 1 heterocycles. The number of benzene rings is 1. The second-order valence-electron chi connectivity index (χ2n) is 4.65. The molecule has 1 aromatic heterocycles. The lowest BCUT2D eigenvalue weighted by molar-refractivity contribution is 0.639. The molecule has 0 bridgehead atoms. The summed E-state index contributed by atoms with van der Waals surface area (Å²) in [6.07, 6.45) is 5.21. The summed E-state index contributed by atoms with van der Waals surface area (Å²) < 4.78 is 2.03. The van der Waals surface area contributed by atoms with Crippen LogP contribution in [0.15, 0.2) is 30.5 Å². The van der Waals surface area contributed by atoms with E-state index in [0.717, 1.165) is 24.9 Å². The second-order valence-corrected chi connectivity index (χ2v) is 5.18. The van der Waals surface area contributed by atoms with Gasteiger partial charge in [-0.2, -0.15) is 5.10 Å². The molecule has 3 rings (SSSR count). The van der Waals surface area contributed by atoms with Gasteiger partial charge < -0.3 is 0 Å². The molecule has 2 nitrogen and oxygen atoms in total. The van der Waals surface area contributed by atoms with Gasteiger partial charge in [-0.3, -0.25) is 0 Å². The van der Waals surface area contributed by atoms with Gasteiger partial charge in [-0.05, 0) is 38.3 Å². The molecule has 1 atom stereocenters. The Kier molecular flexibility index (Phi) is 2.67. The SMILES string of the molecule is Cc1ccc(-n2ncc3c2CCCC3Cl)cc1. The zero-order valence-electron chi connectivity index (χ0n) is 9.86. The van der Waals surface area contributed by atoms with E-state index in [2.05, 4.69) is 36.3 Å². The average Bonchev–Trinajstić information content (AvgIpc) is 2.75. The van der Waals surface area contributed by atoms with E-state index in [9.17, 15) is 0 Å². The number of aryl methyl sites for hydroxylation is 1. The maximum Gasteiger partial charge on any atom is 0.0649 e. The molecule has 0 saturated carbocycles. The van der Waals surface area contributed by atoms with Crippen molar-refractivity contribution in [2.75, 3.05) is 0 Å². The van der Waals surface area contributed by atoms with Gasteiger partial charge in [0, 0.05) is 11.3 Å². The van der Waals surface area contributed by atoms with Crippen molar-refractivity contribution in [2.45, 2.75) is 31.6 Å². The highest BCUT2D eigenvalue weighted by Gasteiger charge is 2.22. The monoisotopic (exact) mass is 246 g/mol. The fourth-order valence-electron chi connectivity index (χ4n) is 2.41. The van der Waals surface area contributed by atoms with E-state index in [1.165, 1.54) is 16.8 Å². The Bertz CT molecular complexity index is 528. The third kappa shape index (κ3) is 1.87. The minimum absolute atomic E-state index is 0.137. The van der Waals surface area contributed by atoms with Gasteiger partial charge in [0.25, 0.3) is 0 Å². The van der Waals surface area contributed by atoms with Crippen molar-refractivity contribution in [3.05, 3.63) is 47.3 Å². The summed E-state index contributed by atoms with van der Waals surface area (Å²) in [6, 6.07) is 8.45. The van der Waals surface area contributed by atoms with Crippen LogP contribution in [0.1, 0.15) is 35.0 Å². The Morgan fingerprint density at radius 2 is 2.06 bits per heavy atom. The van der Waals surface area contributed by atoms with Gasteiger partial charge in [-0.25, -0.2) is 4.68 Å². The molecule has 88 valence electrons. The summed E-state index contributed by atoms with van der Waals surface area (Å²) in [4.78, 5) is 0. The van der Waals surface area contributed by atoms with Crippen LogP contribution in [0, 0.1) is 6.92 Å². The average molecular weight is 247 g/mol. The van der Waals surface area contributed by atoms with E-state index in [1.807, 2.05) is 10.9 Å². The third-order valence-corrected chi connectivity index (χ3v) is 3.84. The number of hydrogen-bond donors (Lipinski definition) is 0. The van der Waals surface area contributed by atoms with E-state index >= 15 is 0 Å². The summed E-state index contributed by atoms with van der Waals surface area (Å²) >= 11 is 6.32. The van der Waals surface area contributed by atoms with Crippen molar-refractivity contribution in [1.82, 2.24) is 9.78 Å². The van der Waals surface area contributed by atoms with Crippen LogP contribution in [-0.4, -0.2) is 9.78 Å². The number of rotatable bonds is 1. The normalized spacial score (nSPS) is 19.1. The molecule has 3 heteroatoms. The number of hydrogen-bond acceptors (Lipinski definition) is 1. The van der Waals surface area contributed by atoms with Crippen LogP contribution in [0.5, 0.6) is 0 Å². The van der Waals surface area contributed by atoms with Gasteiger partial charge >= 0.3 is 0 Å². The first-order valence-corrected chi connectivity index (χ1v) is 6.47. The molecule has 0 amide bonds. The first-order valence-electron chi connectivity index (χ1n) is 6.03. The zero-order chi connectivity index (χ0) is 11.8. The number of nitrogens with zero attached hydrogens (tertiary/aromatic N) is 2. The molecular weight excluding hydrogens is 232 g/mol. The number of fused-ring (bicyclic) bond motifs is 1. The largest absolute Gasteiger partial charge is 0.237 e. The molecule has 1 aromatic carbocycles. The van der Waals surface area contributed by atoms with Crippen LogP contribution >= 0.6 is 11.6 Å². The van der Waals surface area contributed by atoms with Crippen LogP contribution in [0.25, 0.3) is 5.69 Å². The Labute approximate surface area is 106 Å². The second kappa shape index (κ2) is 4.19. The van der Waals surface area contributed by atoms with Crippen molar-refractivity contribution >= 4 is 11.6 Å². The van der Waals surface area contributed by atoms with Crippen LogP contribution in [0.3, 0.4) is 0 Å². The van der Waals surface area contributed by atoms with Gasteiger partial charge in [0.05, 0.1) is 17.3 Å². The smallest absolute Gasteiger partial charge is 0.0649 e. The number of aromatic nitrogens is 2. The lowest BCUT2D eigenvalue weighted by atomic mass is 9.97. The van der Waals surface area contributed by atoms with Crippen molar-refractivity contribution < 1.29 is 0 Å². The minimum atomic E-state index is 0.137. The third-order valence-electron chi connectivity index (χ3n) is 3.39. The molecule has 0 spiro atoms. The fraction of sp³-hybridized carbons (Fsp3) is 0.357. The summed E-state index contributed by atoms with van der Waals surface area (Å²) in [6.45, 7) is 2.09. The van der Waals surface area contributed by atoms with Crippen LogP contribution in [0.4, 0.5) is 0 Å². The predicted octanol–water partition coefficient (Wildman–Crippen LogP) is 3.80. The molecule has 1 aliphatic carbocycles. The quantitative estimate of drug-likeness (QED) is 0.700. The summed E-state index contributed by atoms with van der Waals surface area (Å²) in [5.41, 5.74) is 4.88. The summed E-state index contributed by atoms with van der Waals surface area (Å²) in [7, 11) is 0. The zero-order valence-corrected chi connectivity index (χ0v) is 10.6. The van der Waals surface area contributed by atoms with E-state index < -0.39 is 0 Å². The Hall–Kier alpha value is -1.28. The molecule has 0 aliphatic heterocycles. The fourth-order valence-corrected chi connectivity index (χ4v) is 2.75. The molecule has 0 N–H and O–H groups in total. The molecule has 2 aromatic rings. The van der Waals surface area contributed by atoms with Gasteiger partial charge in [-0.1, -0.05) is 17.7 Å². The summed E-state index contributed by atoms with van der Waals surface area (Å²) in [5.74, 6) is 0. The minimum Gasteiger partial charge on any atom is -0.237 e. The van der Waals surface area contributed by atoms with E-state index in [4.69, 9.17) is 11.6 Å². The van der Waals surface area contributed by atoms with Gasteiger partial charge in [0.15, 0.2) is 0 Å². The lowest BCUT2D eigenvalue weighted by Gasteiger charge is -2.18. The van der Waals surface area contributed by atoms with Crippen LogP contribution in [-0.2, 0) is 6.42 Å². The van der Waals surface area contributed by atoms with Crippen molar-refractivity contribution in [3.8, 4) is 5.69 Å². The van der Waals surface area contributed by atoms with Crippen LogP contribution in [0.2, 0.25) is 0 Å². The maximum absolute atomic E-state index is 6.32. The molecular formula is C14H15ClN2. The van der Waals surface area contributed by atoms with Gasteiger partial charge in [-0.15, -0.1) is 11.6 Å². The molecule has 0 saturated heterocycles. The molecule has 0 radical (unpaired) electrons. The highest BCUT2D eigenvalue weighted by Crippen LogP contribution is 2.35. The first-order chi connectivity index (χ1) is 8.25. The van der Waals surface area contributed by atoms with Crippen molar-refractivity contribution in [2.24, 2.45) is 0 Å². The maximum atomic E-state index is 6.32. The lowest BCUT2D eigenvalue weighted by Crippen LogP contribution is -2.09. The standard InChI is InChI=1S/C14H15ClN2/c1-10-5-7-11(8-6-10)17-14-4-2-3-13(15)12(14)9-16-17/h5-9,13H,2-4H2,1H3. The van der Waals surface area contributed by atoms with E-state index in [-0.39, 0.29) is 5.38 Å². The van der Waals surface area contributed by atoms with Crippen LogP contribution < -0.4 is 0 Å². The number of alkyl halides is 1.